The second kappa shape index (κ2) is 6.75. The third-order valence-corrected chi connectivity index (χ3v) is 2.50. The van der Waals surface area contributed by atoms with Gasteiger partial charge in [-0.25, -0.2) is 10.2 Å². The van der Waals surface area contributed by atoms with Crippen LogP contribution in [0.4, 0.5) is 4.79 Å². The number of rotatable bonds is 4. The largest absolute Gasteiger partial charge is 0.507 e. The Bertz CT molecular complexity index is 463. The molecule has 0 aromatic heterocycles. The van der Waals surface area contributed by atoms with E-state index >= 15 is 0 Å². The molecule has 2 amide bonds. The first kappa shape index (κ1) is 14.2. The molecule has 6 nitrogen and oxygen atoms in total. The third kappa shape index (κ3) is 3.85. The highest BCUT2D eigenvalue weighted by Gasteiger charge is 2.07. The average Bonchev–Trinajstić information content (AvgIpc) is 2.37. The fourth-order valence-corrected chi connectivity index (χ4v) is 1.47. The van der Waals surface area contributed by atoms with E-state index in [1.807, 2.05) is 0 Å². The summed E-state index contributed by atoms with van der Waals surface area (Å²) in [5.41, 5.74) is 3.29. The number of nitrogens with zero attached hydrogens (tertiary/aromatic N) is 1. The van der Waals surface area contributed by atoms with Gasteiger partial charge in [-0.3, -0.25) is 4.72 Å². The molecule has 3 N–H and O–H groups in total. The molecule has 0 unspecified atom stereocenters. The fraction of sp³-hybridized carbons (Fsp3) is 0.273. The molecule has 1 aromatic carbocycles. The molecule has 98 valence electrons. The Balaban J connectivity index is 2.85. The Hall–Kier alpha value is -1.89. The van der Waals surface area contributed by atoms with Gasteiger partial charge < -0.3 is 9.84 Å². The number of hydrazone groups is 1. The van der Waals surface area contributed by atoms with Crippen LogP contribution in [0.3, 0.4) is 0 Å². The maximum atomic E-state index is 11.1. The summed E-state index contributed by atoms with van der Waals surface area (Å²) >= 11 is 1.17. The van der Waals surface area contributed by atoms with Gasteiger partial charge in [-0.2, -0.15) is 5.10 Å². The molecule has 0 heterocycles. The molecular weight excluding hydrogens is 254 g/mol. The first-order chi connectivity index (χ1) is 8.58. The molecule has 0 spiro atoms. The minimum absolute atomic E-state index is 0.0733. The Morgan fingerprint density at radius 3 is 2.83 bits per heavy atom. The maximum absolute atomic E-state index is 11.1. The number of urea groups is 1. The highest BCUT2D eigenvalue weighted by Crippen LogP contribution is 2.23. The first-order valence-corrected chi connectivity index (χ1v) is 6.31. The Morgan fingerprint density at radius 1 is 1.50 bits per heavy atom. The summed E-state index contributed by atoms with van der Waals surface area (Å²) in [4.78, 5) is 11.1. The van der Waals surface area contributed by atoms with E-state index in [2.05, 4.69) is 15.2 Å². The molecule has 0 radical (unpaired) electrons. The maximum Gasteiger partial charge on any atom is 0.345 e. The Labute approximate surface area is 110 Å². The van der Waals surface area contributed by atoms with Crippen molar-refractivity contribution in [3.8, 4) is 11.5 Å². The average molecular weight is 269 g/mol. The van der Waals surface area contributed by atoms with Crippen LogP contribution in [0, 0.1) is 0 Å². The van der Waals surface area contributed by atoms with Crippen LogP contribution in [0.1, 0.15) is 12.5 Å². The van der Waals surface area contributed by atoms with Crippen molar-refractivity contribution in [2.45, 2.75) is 6.92 Å². The summed E-state index contributed by atoms with van der Waals surface area (Å²) in [6, 6.07) is 4.36. The lowest BCUT2D eigenvalue weighted by atomic mass is 10.1. The van der Waals surface area contributed by atoms with Gasteiger partial charge in [0.15, 0.2) is 0 Å². The number of hydrogen-bond donors (Lipinski definition) is 3. The van der Waals surface area contributed by atoms with Crippen molar-refractivity contribution in [2.75, 3.05) is 13.4 Å². The van der Waals surface area contributed by atoms with E-state index in [0.717, 1.165) is 0 Å². The summed E-state index contributed by atoms with van der Waals surface area (Å²) in [5.74, 6) is 0.676. The van der Waals surface area contributed by atoms with E-state index in [4.69, 9.17) is 4.74 Å². The van der Waals surface area contributed by atoms with Crippen molar-refractivity contribution >= 4 is 23.7 Å². The monoisotopic (exact) mass is 269 g/mol. The number of aromatic hydroxyl groups is 1. The van der Waals surface area contributed by atoms with Crippen LogP contribution < -0.4 is 14.9 Å². The highest BCUT2D eigenvalue weighted by atomic mass is 32.2. The molecular formula is C11H15N3O3S. The quantitative estimate of drug-likeness (QED) is 0.441. The number of phenolic OH excluding ortho intramolecular Hbond substituents is 1. The summed E-state index contributed by atoms with van der Waals surface area (Å²) in [5, 5.41) is 13.6. The topological polar surface area (TPSA) is 83.0 Å². The van der Waals surface area contributed by atoms with Gasteiger partial charge in [-0.15, -0.1) is 0 Å². The van der Waals surface area contributed by atoms with Crippen LogP contribution in [0.15, 0.2) is 23.3 Å². The van der Waals surface area contributed by atoms with Crippen LogP contribution in [-0.4, -0.2) is 30.2 Å². The first-order valence-electron chi connectivity index (χ1n) is 5.09. The molecule has 0 saturated heterocycles. The Kier molecular flexibility index (Phi) is 5.31. The fourth-order valence-electron chi connectivity index (χ4n) is 1.24. The van der Waals surface area contributed by atoms with Gasteiger partial charge in [-0.05, 0) is 25.1 Å². The van der Waals surface area contributed by atoms with E-state index in [-0.39, 0.29) is 5.75 Å². The standard InChI is InChI=1S/C11H15N3O3S/c1-7(12-13-11(16)14-18-3)9-6-8(17-2)4-5-10(9)15/h4-6,15H,1-3H3,(H2,13,14,16)/b12-7+. The molecule has 0 atom stereocenters. The number of nitrogens with one attached hydrogen (secondary N) is 2. The zero-order chi connectivity index (χ0) is 13.5. The van der Waals surface area contributed by atoms with Gasteiger partial charge in [0.1, 0.15) is 11.5 Å². The molecule has 0 aliphatic heterocycles. The number of phenols is 1. The van der Waals surface area contributed by atoms with E-state index in [1.165, 1.54) is 25.1 Å². The van der Waals surface area contributed by atoms with Crippen LogP contribution in [0.2, 0.25) is 0 Å². The van der Waals surface area contributed by atoms with Crippen molar-refractivity contribution in [1.82, 2.24) is 10.1 Å². The summed E-state index contributed by atoms with van der Waals surface area (Å²) in [6.45, 7) is 1.67. The zero-order valence-electron chi connectivity index (χ0n) is 10.4. The summed E-state index contributed by atoms with van der Waals surface area (Å²) in [7, 11) is 1.53. The minimum Gasteiger partial charge on any atom is -0.507 e. The van der Waals surface area contributed by atoms with Crippen LogP contribution in [0.25, 0.3) is 0 Å². The lowest BCUT2D eigenvalue weighted by Crippen LogP contribution is -2.27. The highest BCUT2D eigenvalue weighted by molar-refractivity contribution is 7.97. The number of carbonyl (C=O) groups excluding carboxylic acids is 1. The molecule has 7 heteroatoms. The number of hydrogen-bond acceptors (Lipinski definition) is 5. The minimum atomic E-state index is -0.427. The molecule has 0 bridgehead atoms. The van der Waals surface area contributed by atoms with Crippen molar-refractivity contribution in [3.05, 3.63) is 23.8 Å². The number of amides is 2. The van der Waals surface area contributed by atoms with Gasteiger partial charge in [0.25, 0.3) is 0 Å². The van der Waals surface area contributed by atoms with Crippen LogP contribution >= 0.6 is 11.9 Å². The molecule has 0 aliphatic rings. The summed E-state index contributed by atoms with van der Waals surface area (Å²) in [6.07, 6.45) is 1.73. The lowest BCUT2D eigenvalue weighted by molar-refractivity contribution is 0.247. The molecule has 1 rings (SSSR count). The number of methoxy groups -OCH3 is 1. The SMILES string of the molecule is COc1ccc(O)c(/C(C)=N/NC(=O)NSC)c1. The number of ether oxygens (including phenoxy) is 1. The predicted octanol–water partition coefficient (Wildman–Crippen LogP) is 1.70. The van der Waals surface area contributed by atoms with Crippen molar-refractivity contribution < 1.29 is 14.6 Å². The third-order valence-electron chi connectivity index (χ3n) is 2.11. The van der Waals surface area contributed by atoms with E-state index in [0.29, 0.717) is 17.0 Å². The molecule has 1 aromatic rings. The van der Waals surface area contributed by atoms with Crippen molar-refractivity contribution in [2.24, 2.45) is 5.10 Å². The van der Waals surface area contributed by atoms with Gasteiger partial charge in [0.05, 0.1) is 12.8 Å². The molecule has 18 heavy (non-hydrogen) atoms. The van der Waals surface area contributed by atoms with Gasteiger partial charge in [0.2, 0.25) is 0 Å². The van der Waals surface area contributed by atoms with Gasteiger partial charge in [-0.1, -0.05) is 11.9 Å². The number of carbonyl (C=O) groups is 1. The van der Waals surface area contributed by atoms with Crippen molar-refractivity contribution in [3.63, 3.8) is 0 Å². The van der Waals surface area contributed by atoms with Gasteiger partial charge in [0, 0.05) is 11.8 Å². The second-order valence-corrected chi connectivity index (χ2v) is 3.94. The summed E-state index contributed by atoms with van der Waals surface area (Å²) < 4.78 is 7.52. The van der Waals surface area contributed by atoms with E-state index < -0.39 is 6.03 Å². The number of benzene rings is 1. The Morgan fingerprint density at radius 2 is 2.22 bits per heavy atom. The van der Waals surface area contributed by atoms with Crippen LogP contribution in [0.5, 0.6) is 11.5 Å². The predicted molar refractivity (Wildman–Crippen MR) is 72.1 cm³/mol. The van der Waals surface area contributed by atoms with Gasteiger partial charge >= 0.3 is 6.03 Å². The van der Waals surface area contributed by atoms with E-state index in [1.54, 1.807) is 25.3 Å². The molecule has 0 fully saturated rings. The zero-order valence-corrected chi connectivity index (χ0v) is 11.2. The smallest absolute Gasteiger partial charge is 0.345 e. The lowest BCUT2D eigenvalue weighted by Gasteiger charge is -2.07. The van der Waals surface area contributed by atoms with Crippen LogP contribution in [-0.2, 0) is 0 Å². The molecule has 0 saturated carbocycles. The van der Waals surface area contributed by atoms with E-state index in [9.17, 15) is 9.90 Å². The second-order valence-electron chi connectivity index (χ2n) is 3.33. The molecule has 0 aliphatic carbocycles. The normalized spacial score (nSPS) is 10.9. The van der Waals surface area contributed by atoms with Crippen molar-refractivity contribution in [1.29, 1.82) is 0 Å².